The van der Waals surface area contributed by atoms with E-state index in [4.69, 9.17) is 15.9 Å². The van der Waals surface area contributed by atoms with E-state index in [-0.39, 0.29) is 12.3 Å². The molecule has 0 saturated heterocycles. The molecule has 1 aromatic carbocycles. The Bertz CT molecular complexity index is 1270. The van der Waals surface area contributed by atoms with Gasteiger partial charge in [-0.05, 0) is 48.5 Å². The van der Waals surface area contributed by atoms with Crippen LogP contribution in [0.2, 0.25) is 0 Å². The lowest BCUT2D eigenvalue weighted by Gasteiger charge is -2.29. The molecular weight excluding hydrogens is 400 g/mol. The van der Waals surface area contributed by atoms with Crippen LogP contribution in [0.1, 0.15) is 17.2 Å². The molecule has 0 radical (unpaired) electrons. The molecule has 6 N–H and O–H groups in total. The van der Waals surface area contributed by atoms with Crippen LogP contribution in [0.4, 0.5) is 0 Å². The molecule has 0 amide bonds. The van der Waals surface area contributed by atoms with Crippen LogP contribution in [-0.4, -0.2) is 34.7 Å². The molecule has 0 bridgehead atoms. The maximum Gasteiger partial charge on any atom is 0.175 e. The zero-order chi connectivity index (χ0) is 20.8. The molecule has 152 valence electrons. The van der Waals surface area contributed by atoms with Crippen LogP contribution in [0, 0.1) is 6.92 Å². The summed E-state index contributed by atoms with van der Waals surface area (Å²) in [6.07, 6.45) is 1.40. The number of hydrogen-bond donors (Lipinski definition) is 4. The van der Waals surface area contributed by atoms with Gasteiger partial charge in [0.25, 0.3) is 0 Å². The van der Waals surface area contributed by atoms with Crippen LogP contribution < -0.4 is 16.8 Å². The first-order chi connectivity index (χ1) is 14.5. The van der Waals surface area contributed by atoms with Crippen molar-refractivity contribution in [1.29, 1.82) is 0 Å². The Labute approximate surface area is 176 Å². The molecule has 1 unspecified atom stereocenters. The fraction of sp³-hybridized carbons (Fsp3) is 0.190. The molecule has 4 heterocycles. The van der Waals surface area contributed by atoms with Crippen molar-refractivity contribution in [3.63, 3.8) is 0 Å². The zero-order valence-corrected chi connectivity index (χ0v) is 17.0. The molecule has 0 aliphatic carbocycles. The Morgan fingerprint density at radius 1 is 1.27 bits per heavy atom. The standard InChI is InChI=1S/C21H20N6O2S/c1-10-2-3-12-13(6-10)27-21(26-12)30-17-5-4-16(29-17)18-11(7-22)20(23)25-14-8-24-9-15(28)19(14)18/h2-7,18,24H,8-9,22H2,1H3,(H2,23,25)(H,26,27)/b11-7-. The van der Waals surface area contributed by atoms with Crippen molar-refractivity contribution in [2.24, 2.45) is 16.5 Å². The van der Waals surface area contributed by atoms with E-state index in [1.807, 2.05) is 31.2 Å². The summed E-state index contributed by atoms with van der Waals surface area (Å²) < 4.78 is 6.11. The topological polar surface area (TPSA) is 135 Å². The maximum absolute atomic E-state index is 12.6. The van der Waals surface area contributed by atoms with Gasteiger partial charge >= 0.3 is 0 Å². The third-order valence-electron chi connectivity index (χ3n) is 5.22. The molecule has 8 nitrogen and oxygen atoms in total. The Morgan fingerprint density at radius 2 is 2.13 bits per heavy atom. The molecule has 30 heavy (non-hydrogen) atoms. The van der Waals surface area contributed by atoms with E-state index in [9.17, 15) is 4.79 Å². The van der Waals surface area contributed by atoms with E-state index in [0.29, 0.717) is 40.1 Å². The first kappa shape index (κ1) is 18.7. The van der Waals surface area contributed by atoms with Crippen molar-refractivity contribution >= 4 is 34.4 Å². The number of carbonyl (C=O) groups excluding carboxylic acids is 1. The number of carbonyl (C=O) groups is 1. The summed E-state index contributed by atoms with van der Waals surface area (Å²) in [5.41, 5.74) is 16.8. The highest BCUT2D eigenvalue weighted by atomic mass is 32.2. The Balaban J connectivity index is 1.49. The number of benzene rings is 1. The van der Waals surface area contributed by atoms with Gasteiger partial charge < -0.3 is 26.2 Å². The summed E-state index contributed by atoms with van der Waals surface area (Å²) in [6.45, 7) is 2.78. The first-order valence-corrected chi connectivity index (χ1v) is 10.3. The zero-order valence-electron chi connectivity index (χ0n) is 16.2. The highest BCUT2D eigenvalue weighted by Crippen LogP contribution is 2.41. The number of Topliss-reactive ketones (excluding diaryl/α,β-unsaturated/α-hetero) is 1. The minimum absolute atomic E-state index is 0.0323. The number of ketones is 1. The Kier molecular flexibility index (Phi) is 4.48. The summed E-state index contributed by atoms with van der Waals surface area (Å²) >= 11 is 1.38. The number of nitrogens with two attached hydrogens (primary N) is 2. The smallest absolute Gasteiger partial charge is 0.175 e. The number of amidine groups is 1. The lowest BCUT2D eigenvalue weighted by atomic mass is 9.81. The summed E-state index contributed by atoms with van der Waals surface area (Å²) in [5, 5.41) is 4.43. The number of imidazole rings is 1. The number of aliphatic imine (C=N–C) groups is 1. The van der Waals surface area contributed by atoms with Crippen LogP contribution in [0.5, 0.6) is 0 Å². The van der Waals surface area contributed by atoms with Gasteiger partial charge in [-0.3, -0.25) is 4.79 Å². The second kappa shape index (κ2) is 7.19. The second-order valence-corrected chi connectivity index (χ2v) is 8.25. The molecule has 0 saturated carbocycles. The highest BCUT2D eigenvalue weighted by Gasteiger charge is 2.37. The number of hydrogen-bond acceptors (Lipinski definition) is 8. The van der Waals surface area contributed by atoms with Gasteiger partial charge in [-0.15, -0.1) is 0 Å². The van der Waals surface area contributed by atoms with Crippen molar-refractivity contribution in [2.75, 3.05) is 13.1 Å². The van der Waals surface area contributed by atoms with Gasteiger partial charge in [0.1, 0.15) is 11.6 Å². The third-order valence-corrected chi connectivity index (χ3v) is 6.03. The van der Waals surface area contributed by atoms with Crippen molar-refractivity contribution in [1.82, 2.24) is 15.3 Å². The molecule has 9 heteroatoms. The van der Waals surface area contributed by atoms with Crippen LogP contribution in [0.3, 0.4) is 0 Å². The van der Waals surface area contributed by atoms with E-state index in [2.05, 4.69) is 26.3 Å². The van der Waals surface area contributed by atoms with E-state index in [1.165, 1.54) is 18.0 Å². The summed E-state index contributed by atoms with van der Waals surface area (Å²) in [7, 11) is 0. The number of fused-ring (bicyclic) bond motifs is 1. The quantitative estimate of drug-likeness (QED) is 0.511. The van der Waals surface area contributed by atoms with Gasteiger partial charge in [-0.2, -0.15) is 0 Å². The van der Waals surface area contributed by atoms with Gasteiger partial charge in [0.15, 0.2) is 16.0 Å². The molecule has 5 rings (SSSR count). The predicted octanol–water partition coefficient (Wildman–Crippen LogP) is 2.34. The van der Waals surface area contributed by atoms with Gasteiger partial charge in [0.05, 0.1) is 29.2 Å². The second-order valence-electron chi connectivity index (χ2n) is 7.26. The van der Waals surface area contributed by atoms with Gasteiger partial charge in [-0.1, -0.05) is 6.07 Å². The SMILES string of the molecule is Cc1ccc2nc(Sc3ccc(C4C5=C(CNCC5=O)N=C(N)/C4=C\N)o3)[nH]c2c1. The first-order valence-electron chi connectivity index (χ1n) is 9.50. The number of aryl methyl sites for hydroxylation is 1. The average molecular weight is 420 g/mol. The van der Waals surface area contributed by atoms with Crippen LogP contribution in [0.25, 0.3) is 11.0 Å². The summed E-state index contributed by atoms with van der Waals surface area (Å²) in [5.74, 6) is 0.401. The number of aromatic nitrogens is 2. The fourth-order valence-corrected chi connectivity index (χ4v) is 4.62. The van der Waals surface area contributed by atoms with Gasteiger partial charge in [-0.25, -0.2) is 9.98 Å². The normalized spacial score (nSPS) is 20.7. The van der Waals surface area contributed by atoms with Crippen LogP contribution >= 0.6 is 11.8 Å². The van der Waals surface area contributed by atoms with Crippen molar-refractivity contribution < 1.29 is 9.21 Å². The molecular formula is C21H20N6O2S. The maximum atomic E-state index is 12.6. The van der Waals surface area contributed by atoms with E-state index in [0.717, 1.165) is 21.8 Å². The average Bonchev–Trinajstić information content (AvgIpc) is 3.33. The summed E-state index contributed by atoms with van der Waals surface area (Å²) in [4.78, 5) is 24.9. The highest BCUT2D eigenvalue weighted by molar-refractivity contribution is 7.99. The van der Waals surface area contributed by atoms with Gasteiger partial charge in [0.2, 0.25) is 0 Å². The number of rotatable bonds is 3. The van der Waals surface area contributed by atoms with E-state index >= 15 is 0 Å². The molecule has 1 atom stereocenters. The van der Waals surface area contributed by atoms with Crippen molar-refractivity contribution in [3.05, 3.63) is 64.7 Å². The Morgan fingerprint density at radius 3 is 2.97 bits per heavy atom. The molecule has 2 aliphatic rings. The van der Waals surface area contributed by atoms with Crippen LogP contribution in [-0.2, 0) is 4.79 Å². The van der Waals surface area contributed by atoms with Crippen molar-refractivity contribution in [2.45, 2.75) is 23.1 Å². The molecule has 0 fully saturated rings. The molecule has 2 aliphatic heterocycles. The number of nitrogens with zero attached hydrogens (tertiary/aromatic N) is 2. The minimum atomic E-state index is -0.468. The summed E-state index contributed by atoms with van der Waals surface area (Å²) in [6, 6.07) is 9.78. The lowest BCUT2D eigenvalue weighted by molar-refractivity contribution is -0.115. The predicted molar refractivity (Wildman–Crippen MR) is 115 cm³/mol. The molecule has 0 spiro atoms. The number of aromatic amines is 1. The number of H-pyrrole nitrogens is 1. The number of nitrogens with one attached hydrogen (secondary N) is 2. The Hall–Kier alpha value is -3.30. The largest absolute Gasteiger partial charge is 0.453 e. The van der Waals surface area contributed by atoms with Crippen molar-refractivity contribution in [3.8, 4) is 0 Å². The third kappa shape index (κ3) is 3.12. The lowest BCUT2D eigenvalue weighted by Crippen LogP contribution is -2.39. The minimum Gasteiger partial charge on any atom is -0.453 e. The molecule has 2 aromatic heterocycles. The van der Waals surface area contributed by atoms with Crippen LogP contribution in [0.15, 0.2) is 73.0 Å². The number of furan rings is 1. The fourth-order valence-electron chi connectivity index (χ4n) is 3.85. The molecule has 3 aromatic rings. The van der Waals surface area contributed by atoms with E-state index < -0.39 is 5.92 Å². The monoisotopic (exact) mass is 420 g/mol. The van der Waals surface area contributed by atoms with E-state index in [1.54, 1.807) is 0 Å². The van der Waals surface area contributed by atoms with Gasteiger partial charge in [0, 0.05) is 23.9 Å².